The smallest absolute Gasteiger partial charge is 0.416 e. The molecule has 12 N–H and O–H groups in total. The zero-order chi connectivity index (χ0) is 101. The Morgan fingerprint density at radius 2 is 0.641 bits per heavy atom. The second kappa shape index (κ2) is 47.1. The third-order valence-electron chi connectivity index (χ3n) is 21.0. The summed E-state index contributed by atoms with van der Waals surface area (Å²) in [6.45, 7) is 12.6. The van der Waals surface area contributed by atoms with Crippen molar-refractivity contribution >= 4 is 116 Å². The van der Waals surface area contributed by atoms with Gasteiger partial charge in [-0.2, -0.15) is 72.6 Å². The van der Waals surface area contributed by atoms with Crippen molar-refractivity contribution in [2.24, 2.45) is 0 Å². The summed E-state index contributed by atoms with van der Waals surface area (Å²) in [5.74, 6) is -4.25. The largest absolute Gasteiger partial charge is 0.479 e. The normalized spacial score (nSPS) is 13.9. The molecule has 4 amide bonds. The van der Waals surface area contributed by atoms with Gasteiger partial charge >= 0.3 is 24.7 Å². The summed E-state index contributed by atoms with van der Waals surface area (Å²) >= 11 is 0. The number of carbonyl (C=O) groups is 4. The molecule has 0 aliphatic carbocycles. The van der Waals surface area contributed by atoms with Gasteiger partial charge in [-0.05, 0) is 165 Å². The number of amides is 4. The third-order valence-corrected chi connectivity index (χ3v) is 21.0. The highest BCUT2D eigenvalue weighted by atomic mass is 19.4. The maximum Gasteiger partial charge on any atom is 0.416 e. The molecule has 10 heterocycles. The van der Waals surface area contributed by atoms with Crippen LogP contribution in [0.4, 0.5) is 163 Å². The minimum atomic E-state index is -4.49. The third kappa shape index (κ3) is 28.6. The van der Waals surface area contributed by atoms with Crippen LogP contribution in [0.2, 0.25) is 0 Å². The number of ether oxygens (including phenoxy) is 5. The van der Waals surface area contributed by atoms with Crippen LogP contribution >= 0.6 is 0 Å². The lowest BCUT2D eigenvalue weighted by Gasteiger charge is -2.28. The van der Waals surface area contributed by atoms with Crippen LogP contribution in [0, 0.1) is 37.1 Å². The summed E-state index contributed by atoms with van der Waals surface area (Å²) in [6.07, 6.45) is -13.3. The van der Waals surface area contributed by atoms with Crippen molar-refractivity contribution in [3.63, 3.8) is 0 Å². The summed E-state index contributed by atoms with van der Waals surface area (Å²) in [5.41, 5.74) is 21.8. The number of pyridine rings is 2. The average molecular weight is 1990 g/mol. The Morgan fingerprint density at radius 3 is 0.965 bits per heavy atom. The number of hydrogen-bond donors (Lipinski definition) is 12. The fourth-order valence-corrected chi connectivity index (χ4v) is 13.9. The lowest BCUT2D eigenvalue weighted by molar-refractivity contribution is -0.138. The van der Waals surface area contributed by atoms with Crippen molar-refractivity contribution in [3.05, 3.63) is 267 Å². The van der Waals surface area contributed by atoms with Crippen LogP contribution in [-0.2, 0) is 50.1 Å². The molecular weight excluding hydrogens is 1910 g/mol. The first kappa shape index (κ1) is 103. The number of morpholine rings is 4. The number of hydrogen-bond acceptors (Lipinski definition) is 31. The van der Waals surface area contributed by atoms with E-state index in [1.54, 1.807) is 63.8 Å². The molecule has 4 saturated heterocycles. The molecule has 0 atom stereocenters. The summed E-state index contributed by atoms with van der Waals surface area (Å²) < 4.78 is 238. The summed E-state index contributed by atoms with van der Waals surface area (Å²) in [6, 6.07) is 34.4. The number of halogens is 16. The predicted octanol–water partition coefficient (Wildman–Crippen LogP) is 15.9. The Balaban J connectivity index is 0.000000159. The molecule has 16 rings (SSSR count). The number of methoxy groups -OCH3 is 1. The van der Waals surface area contributed by atoms with Gasteiger partial charge in [0.05, 0.1) is 118 Å². The zero-order valence-corrected chi connectivity index (χ0v) is 75.3. The number of nitrogens with one attached hydrogen (secondary N) is 12. The van der Waals surface area contributed by atoms with E-state index in [-0.39, 0.29) is 92.8 Å². The van der Waals surface area contributed by atoms with E-state index in [1.807, 2.05) is 6.92 Å². The SMILES string of the molecule is CCc1cc(Nc2cccc(C(F)(F)F)c2)ccc1C(=O)NNc1ncc(F)c(N2CCOCC2)n1.COc1nc(C(=O)NNc2ncc(F)c(N3CCOCC3)n2)ccc1Nc1cccc(C(F)(F)F)c1.Cc1cc(Nc2cccc(C(F)(F)F)c2)ccc1C(=O)NNc1ncc(F)c(N2CCOCC2)n1.Cc1nc(C(=O)NNc2ncc(F)c(N3CCOCC3)n2)ccc1Nc1cccc(C(F)(F)F)c1. The number of alkyl halides is 12. The van der Waals surface area contributed by atoms with Crippen LogP contribution in [0.3, 0.4) is 0 Å². The van der Waals surface area contributed by atoms with Gasteiger partial charge in [0, 0.05) is 97.6 Å². The van der Waals surface area contributed by atoms with E-state index in [9.17, 15) is 89.4 Å². The molecule has 0 saturated carbocycles. The Labute approximate surface area is 797 Å². The molecule has 0 unspecified atom stereocenters. The number of hydrazine groups is 4. The second-order valence-corrected chi connectivity index (χ2v) is 30.8. The molecule has 748 valence electrons. The topological polar surface area (TPSA) is 401 Å². The van der Waals surface area contributed by atoms with Crippen LogP contribution < -0.4 is 89.0 Å². The van der Waals surface area contributed by atoms with E-state index in [0.29, 0.717) is 157 Å². The highest BCUT2D eigenvalue weighted by Gasteiger charge is 2.35. The van der Waals surface area contributed by atoms with E-state index >= 15 is 0 Å². The number of benzene rings is 6. The first-order valence-corrected chi connectivity index (χ1v) is 43.1. The number of aromatic nitrogens is 10. The highest BCUT2D eigenvalue weighted by Crippen LogP contribution is 2.38. The van der Waals surface area contributed by atoms with Gasteiger partial charge in [0.2, 0.25) is 29.7 Å². The minimum absolute atomic E-state index is 0.0132. The Bertz CT molecular complexity index is 6420. The molecular formula is C91H88F16N26O9. The van der Waals surface area contributed by atoms with Crippen molar-refractivity contribution in [1.82, 2.24) is 71.5 Å². The van der Waals surface area contributed by atoms with Crippen LogP contribution in [0.5, 0.6) is 5.88 Å². The molecule has 0 radical (unpaired) electrons. The quantitative estimate of drug-likeness (QED) is 0.0177. The van der Waals surface area contributed by atoms with Gasteiger partial charge in [-0.3, -0.25) is 62.6 Å². The molecule has 4 aliphatic heterocycles. The zero-order valence-electron chi connectivity index (χ0n) is 75.3. The Kier molecular flexibility index (Phi) is 34.2. The van der Waals surface area contributed by atoms with E-state index < -0.39 is 93.9 Å². The Hall–Kier alpha value is -16.1. The van der Waals surface area contributed by atoms with E-state index in [4.69, 9.17) is 23.7 Å². The number of nitrogens with zero attached hydrogens (tertiary/aromatic N) is 14. The van der Waals surface area contributed by atoms with Gasteiger partial charge in [-0.15, -0.1) is 0 Å². The number of carbonyl (C=O) groups excluding carboxylic acids is 4. The van der Waals surface area contributed by atoms with E-state index in [1.165, 1.54) is 86.0 Å². The fourth-order valence-electron chi connectivity index (χ4n) is 13.9. The van der Waals surface area contributed by atoms with Gasteiger partial charge in [0.1, 0.15) is 17.1 Å². The summed E-state index contributed by atoms with van der Waals surface area (Å²) in [7, 11) is 1.30. The lowest BCUT2D eigenvalue weighted by atomic mass is 10.0. The van der Waals surface area contributed by atoms with Crippen molar-refractivity contribution in [3.8, 4) is 5.88 Å². The van der Waals surface area contributed by atoms with Crippen LogP contribution in [0.1, 0.15) is 87.7 Å². The van der Waals surface area contributed by atoms with Gasteiger partial charge in [-0.25, -0.2) is 47.5 Å². The maximum absolute atomic E-state index is 14.2. The number of rotatable bonds is 26. The van der Waals surface area contributed by atoms with Gasteiger partial charge < -0.3 is 64.6 Å². The van der Waals surface area contributed by atoms with Gasteiger partial charge in [0.25, 0.3) is 23.6 Å². The number of anilines is 16. The number of aryl methyl sites for hydroxylation is 3. The van der Waals surface area contributed by atoms with Crippen molar-refractivity contribution in [2.75, 3.05) is 175 Å². The molecule has 4 aliphatic rings. The first-order chi connectivity index (χ1) is 67.9. The monoisotopic (exact) mass is 1990 g/mol. The lowest BCUT2D eigenvalue weighted by Crippen LogP contribution is -2.38. The van der Waals surface area contributed by atoms with Crippen LogP contribution in [-0.4, -0.2) is 186 Å². The second-order valence-electron chi connectivity index (χ2n) is 30.8. The standard InChI is InChI=1S/C24H24F4N6O2.C23H22F4N6O2.C22H21F4N7O3.C22H21F4N7O2/c1-2-15-12-18(30-17-5-3-4-16(13-17)24(26,27)28)6-7-19(15)22(35)32-33-23-29-14-20(25)21(31-23)34-8-10-36-11-9-34;1-14-11-17(29-16-4-2-3-15(12-16)23(25,26)27)5-6-18(14)21(34)31-32-22-28-13-19(24)20(30-22)33-7-9-35-10-8-33;1-35-20-17(28-14-4-2-3-13(11-14)22(24,25)26)6-5-16(29-20)19(34)31-32-21-27-12-15(23)18(30-21)33-7-9-36-10-8-33;1-13-17(29-15-4-2-3-14(11-15)22(24,25)26)5-6-18(28-13)20(34)31-32-21-27-12-16(23)19(30-21)33-7-9-35-10-8-33/h3-7,12-14,30H,2,8-11H2,1H3,(H,32,35)(H,29,31,33);2-6,11-13,29H,7-10H2,1H3,(H,31,34)(H,28,30,32);2-6,11-12,28H,7-10H2,1H3,(H,31,34)(H,27,30,32);2-6,11-12,29H,7-10H2,1H3,(H,31,34)(H,27,30,32). The van der Waals surface area contributed by atoms with E-state index in [2.05, 4.69) is 115 Å². The molecule has 0 spiro atoms. The van der Waals surface area contributed by atoms with Crippen LogP contribution in [0.15, 0.2) is 183 Å². The van der Waals surface area contributed by atoms with Crippen molar-refractivity contribution in [1.29, 1.82) is 0 Å². The molecule has 35 nitrogen and oxygen atoms in total. The highest BCUT2D eigenvalue weighted by molar-refractivity contribution is 5.98. The molecule has 0 bridgehead atoms. The fraction of sp³-hybridized carbons (Fsp3) is 0.275. The molecule has 4 fully saturated rings. The maximum atomic E-state index is 14.2. The average Bonchev–Trinajstić information content (AvgIpc) is 0.830. The van der Waals surface area contributed by atoms with Gasteiger partial charge in [-0.1, -0.05) is 31.2 Å². The first-order valence-electron chi connectivity index (χ1n) is 43.1. The molecule has 51 heteroatoms. The molecule has 6 aromatic heterocycles. The van der Waals surface area contributed by atoms with Crippen molar-refractivity contribution < 1.29 is 113 Å². The molecule has 142 heavy (non-hydrogen) atoms. The summed E-state index contributed by atoms with van der Waals surface area (Å²) in [4.78, 5) is 97.6. The summed E-state index contributed by atoms with van der Waals surface area (Å²) in [5, 5.41) is 11.5. The molecule has 6 aromatic carbocycles. The van der Waals surface area contributed by atoms with Crippen molar-refractivity contribution in [2.45, 2.75) is 51.9 Å². The van der Waals surface area contributed by atoms with E-state index in [0.717, 1.165) is 73.3 Å². The molecule has 12 aromatic rings. The predicted molar refractivity (Wildman–Crippen MR) is 490 cm³/mol. The Morgan fingerprint density at radius 1 is 0.345 bits per heavy atom. The minimum Gasteiger partial charge on any atom is -0.479 e. The van der Waals surface area contributed by atoms with Crippen LogP contribution in [0.25, 0.3) is 0 Å². The van der Waals surface area contributed by atoms with Gasteiger partial charge in [0.15, 0.2) is 46.5 Å².